The second kappa shape index (κ2) is 4.84. The van der Waals surface area contributed by atoms with Gasteiger partial charge in [0.1, 0.15) is 0 Å². The predicted molar refractivity (Wildman–Crippen MR) is 65.6 cm³/mol. The molecule has 0 saturated carbocycles. The summed E-state index contributed by atoms with van der Waals surface area (Å²) in [6.45, 7) is 0. The minimum absolute atomic E-state index is 0.932. The Morgan fingerprint density at radius 3 is 2.60 bits per heavy atom. The van der Waals surface area contributed by atoms with Crippen LogP contribution in [-0.4, -0.2) is 11.2 Å². The molecule has 0 unspecified atom stereocenters. The molecule has 2 nitrogen and oxygen atoms in total. The van der Waals surface area contributed by atoms with Gasteiger partial charge in [-0.05, 0) is 30.3 Å². The minimum atomic E-state index is 0.932. The number of benzene rings is 1. The highest BCUT2D eigenvalue weighted by atomic mass is 79.9. The van der Waals surface area contributed by atoms with Crippen molar-refractivity contribution in [3.05, 3.63) is 58.8 Å². The second-order valence-electron chi connectivity index (χ2n) is 3.02. The van der Waals surface area contributed by atoms with Crippen LogP contribution in [0.5, 0.6) is 0 Å². The first-order chi connectivity index (χ1) is 7.34. The molecule has 0 spiro atoms. The van der Waals surface area contributed by atoms with Gasteiger partial charge in [0.25, 0.3) is 0 Å². The molecule has 0 aliphatic heterocycles. The average molecular weight is 261 g/mol. The molecule has 1 aromatic heterocycles. The van der Waals surface area contributed by atoms with Crippen molar-refractivity contribution >= 4 is 27.8 Å². The summed E-state index contributed by atoms with van der Waals surface area (Å²) in [7, 11) is 0. The first-order valence-corrected chi connectivity index (χ1v) is 5.33. The minimum Gasteiger partial charge on any atom is -0.264 e. The maximum Gasteiger partial charge on any atom is 0.0630 e. The molecular weight excluding hydrogens is 252 g/mol. The van der Waals surface area contributed by atoms with Gasteiger partial charge in [-0.15, -0.1) is 0 Å². The van der Waals surface area contributed by atoms with Crippen molar-refractivity contribution in [3.63, 3.8) is 0 Å². The number of aliphatic imine (C=N–C) groups is 1. The van der Waals surface area contributed by atoms with Crippen molar-refractivity contribution < 1.29 is 0 Å². The van der Waals surface area contributed by atoms with Gasteiger partial charge >= 0.3 is 0 Å². The van der Waals surface area contributed by atoms with E-state index in [2.05, 4.69) is 25.9 Å². The Hall–Kier alpha value is -1.48. The summed E-state index contributed by atoms with van der Waals surface area (Å²) in [6.07, 6.45) is 5.33. The quantitative estimate of drug-likeness (QED) is 0.758. The number of nitrogens with zero attached hydrogens (tertiary/aromatic N) is 2. The van der Waals surface area contributed by atoms with Gasteiger partial charge in [0, 0.05) is 28.6 Å². The zero-order valence-corrected chi connectivity index (χ0v) is 9.55. The van der Waals surface area contributed by atoms with Crippen LogP contribution in [0.2, 0.25) is 0 Å². The Balaban J connectivity index is 2.15. The fourth-order valence-corrected chi connectivity index (χ4v) is 1.39. The van der Waals surface area contributed by atoms with Crippen LogP contribution in [0.15, 0.2) is 58.3 Å². The molecule has 0 aliphatic carbocycles. The fraction of sp³-hybridized carbons (Fsp3) is 0. The molecule has 3 heteroatoms. The number of hydrogen-bond donors (Lipinski definition) is 0. The van der Waals surface area contributed by atoms with E-state index in [0.717, 1.165) is 15.7 Å². The second-order valence-corrected chi connectivity index (χ2v) is 3.94. The number of halogens is 1. The Labute approximate surface area is 96.8 Å². The van der Waals surface area contributed by atoms with Crippen molar-refractivity contribution in [1.82, 2.24) is 4.98 Å². The van der Waals surface area contributed by atoms with Crippen LogP contribution in [0.25, 0.3) is 0 Å². The van der Waals surface area contributed by atoms with Gasteiger partial charge in [-0.2, -0.15) is 0 Å². The first-order valence-electron chi connectivity index (χ1n) is 4.54. The highest BCUT2D eigenvalue weighted by Gasteiger charge is 1.89. The van der Waals surface area contributed by atoms with E-state index in [0.29, 0.717) is 0 Å². The van der Waals surface area contributed by atoms with E-state index in [9.17, 15) is 0 Å². The maximum absolute atomic E-state index is 4.33. The van der Waals surface area contributed by atoms with Gasteiger partial charge in [0.15, 0.2) is 0 Å². The highest BCUT2D eigenvalue weighted by Crippen LogP contribution is 2.16. The number of hydrogen-bond acceptors (Lipinski definition) is 2. The predicted octanol–water partition coefficient (Wildman–Crippen LogP) is 3.59. The molecule has 2 aromatic rings. The van der Waals surface area contributed by atoms with E-state index in [-0.39, 0.29) is 0 Å². The molecule has 1 aromatic carbocycles. The SMILES string of the molecule is Brc1ccc(N=Cc2cccnc2)cc1. The molecule has 15 heavy (non-hydrogen) atoms. The maximum atomic E-state index is 4.33. The van der Waals surface area contributed by atoms with E-state index < -0.39 is 0 Å². The summed E-state index contributed by atoms with van der Waals surface area (Å²) in [5, 5.41) is 0. The topological polar surface area (TPSA) is 25.2 Å². The van der Waals surface area contributed by atoms with Crippen molar-refractivity contribution in [2.45, 2.75) is 0 Å². The van der Waals surface area contributed by atoms with E-state index in [1.165, 1.54) is 0 Å². The van der Waals surface area contributed by atoms with Crippen LogP contribution < -0.4 is 0 Å². The van der Waals surface area contributed by atoms with E-state index in [1.54, 1.807) is 18.6 Å². The third kappa shape index (κ3) is 2.99. The Morgan fingerprint density at radius 1 is 1.13 bits per heavy atom. The largest absolute Gasteiger partial charge is 0.264 e. The van der Waals surface area contributed by atoms with Crippen LogP contribution in [0.3, 0.4) is 0 Å². The van der Waals surface area contributed by atoms with Crippen LogP contribution in [0, 0.1) is 0 Å². The number of rotatable bonds is 2. The average Bonchev–Trinajstić information content (AvgIpc) is 2.30. The smallest absolute Gasteiger partial charge is 0.0630 e. The lowest BCUT2D eigenvalue weighted by molar-refractivity contribution is 1.32. The molecule has 0 amide bonds. The standard InChI is InChI=1S/C12H9BrN2/c13-11-3-5-12(6-4-11)15-9-10-2-1-7-14-8-10/h1-9H. The number of aromatic nitrogens is 1. The molecule has 0 bridgehead atoms. The Kier molecular flexibility index (Phi) is 3.25. The lowest BCUT2D eigenvalue weighted by Gasteiger charge is -1.93. The molecule has 1 heterocycles. The van der Waals surface area contributed by atoms with E-state index in [1.807, 2.05) is 36.4 Å². The molecule has 74 valence electrons. The summed E-state index contributed by atoms with van der Waals surface area (Å²) in [5.41, 5.74) is 1.93. The van der Waals surface area contributed by atoms with Crippen LogP contribution in [0.1, 0.15) is 5.56 Å². The van der Waals surface area contributed by atoms with Crippen molar-refractivity contribution in [3.8, 4) is 0 Å². The molecule has 0 atom stereocenters. The Bertz CT molecular complexity index is 449. The van der Waals surface area contributed by atoms with E-state index in [4.69, 9.17) is 0 Å². The van der Waals surface area contributed by atoms with Gasteiger partial charge in [0.2, 0.25) is 0 Å². The summed E-state index contributed by atoms with van der Waals surface area (Å²) in [6, 6.07) is 11.7. The van der Waals surface area contributed by atoms with Gasteiger partial charge in [-0.3, -0.25) is 9.98 Å². The molecule has 0 radical (unpaired) electrons. The van der Waals surface area contributed by atoms with Crippen LogP contribution in [0.4, 0.5) is 5.69 Å². The van der Waals surface area contributed by atoms with Crippen LogP contribution in [-0.2, 0) is 0 Å². The molecule has 0 saturated heterocycles. The first kappa shape index (κ1) is 10.1. The van der Waals surface area contributed by atoms with Crippen molar-refractivity contribution in [2.75, 3.05) is 0 Å². The molecule has 0 fully saturated rings. The molecule has 0 N–H and O–H groups in total. The zero-order valence-electron chi connectivity index (χ0n) is 7.97. The fourth-order valence-electron chi connectivity index (χ4n) is 1.13. The van der Waals surface area contributed by atoms with Gasteiger partial charge in [-0.1, -0.05) is 22.0 Å². The van der Waals surface area contributed by atoms with E-state index >= 15 is 0 Å². The van der Waals surface area contributed by atoms with Gasteiger partial charge < -0.3 is 0 Å². The zero-order chi connectivity index (χ0) is 10.5. The lowest BCUT2D eigenvalue weighted by atomic mass is 10.3. The highest BCUT2D eigenvalue weighted by molar-refractivity contribution is 9.10. The summed E-state index contributed by atoms with van der Waals surface area (Å²) >= 11 is 3.38. The normalized spacial score (nSPS) is 10.7. The third-order valence-corrected chi connectivity index (χ3v) is 2.40. The van der Waals surface area contributed by atoms with Crippen molar-refractivity contribution in [2.24, 2.45) is 4.99 Å². The third-order valence-electron chi connectivity index (χ3n) is 1.87. The molecular formula is C12H9BrN2. The number of pyridine rings is 1. The van der Waals surface area contributed by atoms with Gasteiger partial charge in [0.05, 0.1) is 5.69 Å². The summed E-state index contributed by atoms with van der Waals surface area (Å²) in [4.78, 5) is 8.34. The Morgan fingerprint density at radius 2 is 1.93 bits per heavy atom. The van der Waals surface area contributed by atoms with Crippen molar-refractivity contribution in [1.29, 1.82) is 0 Å². The van der Waals surface area contributed by atoms with Gasteiger partial charge in [-0.25, -0.2) is 0 Å². The lowest BCUT2D eigenvalue weighted by Crippen LogP contribution is -1.80. The van der Waals surface area contributed by atoms with Crippen LogP contribution >= 0.6 is 15.9 Å². The molecule has 0 aliphatic rings. The monoisotopic (exact) mass is 260 g/mol. The summed E-state index contributed by atoms with van der Waals surface area (Å²) in [5.74, 6) is 0. The molecule has 2 rings (SSSR count). The summed E-state index contributed by atoms with van der Waals surface area (Å²) < 4.78 is 1.06.